The minimum absolute atomic E-state index is 0.000714. The number of carbonyl (C=O) groups is 1. The topological polar surface area (TPSA) is 81.9 Å². The van der Waals surface area contributed by atoms with Crippen LogP contribution in [0.15, 0.2) is 30.6 Å². The van der Waals surface area contributed by atoms with E-state index in [2.05, 4.69) is 22.3 Å². The van der Waals surface area contributed by atoms with Gasteiger partial charge in [-0.25, -0.2) is 14.6 Å². The molecule has 3 heterocycles. The number of aromatic nitrogens is 4. The summed E-state index contributed by atoms with van der Waals surface area (Å²) in [4.78, 5) is 22.9. The Bertz CT molecular complexity index is 963. The summed E-state index contributed by atoms with van der Waals surface area (Å²) in [5.74, 6) is 1.65. The fraction of sp³-hybridized carbons (Fsp3) is 0.400. The third kappa shape index (κ3) is 3.77. The van der Waals surface area contributed by atoms with Crippen LogP contribution in [0.3, 0.4) is 0 Å². The van der Waals surface area contributed by atoms with Gasteiger partial charge in [-0.2, -0.15) is 5.10 Å². The third-order valence-electron chi connectivity index (χ3n) is 4.94. The molecule has 1 aliphatic heterocycles. The van der Waals surface area contributed by atoms with Gasteiger partial charge < -0.3 is 10.1 Å². The van der Waals surface area contributed by atoms with Crippen molar-refractivity contribution in [1.29, 1.82) is 0 Å². The molecule has 1 aromatic carbocycles. The lowest BCUT2D eigenvalue weighted by Gasteiger charge is -2.21. The number of carbonyl (C=O) groups excluding carboxylic acids is 1. The Hall–Kier alpha value is -2.74. The molecule has 0 fully saturated rings. The summed E-state index contributed by atoms with van der Waals surface area (Å²) in [5, 5.41) is 7.88. The van der Waals surface area contributed by atoms with Crippen molar-refractivity contribution in [2.24, 2.45) is 5.92 Å². The van der Waals surface area contributed by atoms with Crippen molar-refractivity contribution >= 4 is 22.4 Å². The number of methoxy groups -OCH3 is 1. The second-order valence-electron chi connectivity index (χ2n) is 6.85. The van der Waals surface area contributed by atoms with Gasteiger partial charge in [0.05, 0.1) is 25.3 Å². The molecule has 8 heteroatoms. The number of hydrogen-bond acceptors (Lipinski definition) is 6. The van der Waals surface area contributed by atoms with Crippen LogP contribution in [0, 0.1) is 5.92 Å². The van der Waals surface area contributed by atoms with Crippen LogP contribution in [0.1, 0.15) is 30.5 Å². The quantitative estimate of drug-likeness (QED) is 0.688. The predicted molar refractivity (Wildman–Crippen MR) is 109 cm³/mol. The zero-order valence-corrected chi connectivity index (χ0v) is 16.8. The van der Waals surface area contributed by atoms with Gasteiger partial charge in [-0.3, -0.25) is 4.79 Å². The first-order valence-corrected chi connectivity index (χ1v) is 10.3. The molecule has 28 heavy (non-hydrogen) atoms. The van der Waals surface area contributed by atoms with Crippen molar-refractivity contribution < 1.29 is 9.53 Å². The summed E-state index contributed by atoms with van der Waals surface area (Å²) in [5.41, 5.74) is 1.97. The van der Waals surface area contributed by atoms with E-state index < -0.39 is 0 Å². The monoisotopic (exact) mass is 397 g/mol. The molecule has 0 bridgehead atoms. The normalized spacial score (nSPS) is 15.9. The fourth-order valence-corrected chi connectivity index (χ4v) is 4.52. The highest BCUT2D eigenvalue weighted by molar-refractivity contribution is 7.16. The van der Waals surface area contributed by atoms with Crippen molar-refractivity contribution in [2.45, 2.75) is 39.2 Å². The Kier molecular flexibility index (Phi) is 5.38. The smallest absolute Gasteiger partial charge is 0.231 e. The van der Waals surface area contributed by atoms with Crippen LogP contribution in [0.2, 0.25) is 0 Å². The second-order valence-corrected chi connectivity index (χ2v) is 7.94. The van der Waals surface area contributed by atoms with E-state index in [0.717, 1.165) is 48.5 Å². The number of fused-ring (bicyclic) bond motifs is 1. The predicted octanol–water partition coefficient (Wildman–Crippen LogP) is 3.56. The molecule has 4 rings (SSSR count). The maximum Gasteiger partial charge on any atom is 0.231 e. The van der Waals surface area contributed by atoms with E-state index in [1.54, 1.807) is 24.8 Å². The molecule has 1 atom stereocenters. The summed E-state index contributed by atoms with van der Waals surface area (Å²) in [6, 6.07) is 7.87. The van der Waals surface area contributed by atoms with Gasteiger partial charge in [-0.05, 0) is 37.1 Å². The molecule has 0 radical (unpaired) electrons. The fourth-order valence-electron chi connectivity index (χ4n) is 3.44. The average Bonchev–Trinajstić information content (AvgIpc) is 3.34. The Labute approximate surface area is 167 Å². The lowest BCUT2D eigenvalue weighted by atomic mass is 9.99. The zero-order valence-electron chi connectivity index (χ0n) is 16.0. The van der Waals surface area contributed by atoms with Crippen LogP contribution in [0.4, 0.5) is 5.13 Å². The van der Waals surface area contributed by atoms with E-state index in [0.29, 0.717) is 11.7 Å². The van der Waals surface area contributed by atoms with E-state index in [9.17, 15) is 4.79 Å². The minimum atomic E-state index is -0.114. The Balaban J connectivity index is 1.52. The van der Waals surface area contributed by atoms with Crippen LogP contribution in [-0.4, -0.2) is 32.8 Å². The van der Waals surface area contributed by atoms with E-state index in [4.69, 9.17) is 9.72 Å². The highest BCUT2D eigenvalue weighted by Crippen LogP contribution is 2.33. The number of rotatable bonds is 6. The van der Waals surface area contributed by atoms with Gasteiger partial charge in [0, 0.05) is 16.9 Å². The van der Waals surface area contributed by atoms with E-state index >= 15 is 0 Å². The molecule has 2 aromatic heterocycles. The Morgan fingerprint density at radius 2 is 2.18 bits per heavy atom. The van der Waals surface area contributed by atoms with Crippen LogP contribution >= 0.6 is 11.3 Å². The number of anilines is 1. The molecule has 7 nitrogen and oxygen atoms in total. The van der Waals surface area contributed by atoms with E-state index in [-0.39, 0.29) is 11.8 Å². The van der Waals surface area contributed by atoms with Crippen molar-refractivity contribution in [3.63, 3.8) is 0 Å². The molecule has 146 valence electrons. The van der Waals surface area contributed by atoms with Crippen molar-refractivity contribution in [2.75, 3.05) is 12.4 Å². The number of thiazole rings is 1. The van der Waals surface area contributed by atoms with Crippen LogP contribution in [0.25, 0.3) is 11.3 Å². The summed E-state index contributed by atoms with van der Waals surface area (Å²) < 4.78 is 7.06. The highest BCUT2D eigenvalue weighted by Gasteiger charge is 2.26. The summed E-state index contributed by atoms with van der Waals surface area (Å²) >= 11 is 1.56. The highest BCUT2D eigenvalue weighted by atomic mass is 32.1. The first-order valence-electron chi connectivity index (χ1n) is 9.49. The maximum absolute atomic E-state index is 12.8. The molecule has 1 N–H and O–H groups in total. The third-order valence-corrected chi connectivity index (χ3v) is 5.97. The number of hydrogen-bond donors (Lipinski definition) is 1. The Morgan fingerprint density at radius 1 is 1.36 bits per heavy atom. The van der Waals surface area contributed by atoms with Crippen LogP contribution < -0.4 is 10.1 Å². The van der Waals surface area contributed by atoms with Gasteiger partial charge in [-0.1, -0.05) is 13.3 Å². The molecule has 1 aliphatic rings. The lowest BCUT2D eigenvalue weighted by Crippen LogP contribution is -2.31. The van der Waals surface area contributed by atoms with Gasteiger partial charge >= 0.3 is 0 Å². The zero-order chi connectivity index (χ0) is 19.5. The Morgan fingerprint density at radius 3 is 2.93 bits per heavy atom. The number of nitrogens with one attached hydrogen (secondary N) is 1. The molecular weight excluding hydrogens is 374 g/mol. The molecule has 0 aliphatic carbocycles. The molecule has 1 unspecified atom stereocenters. The summed E-state index contributed by atoms with van der Waals surface area (Å²) in [6.45, 7) is 2.72. The van der Waals surface area contributed by atoms with Gasteiger partial charge in [0.15, 0.2) is 5.13 Å². The van der Waals surface area contributed by atoms with Crippen molar-refractivity contribution in [1.82, 2.24) is 19.7 Å². The van der Waals surface area contributed by atoms with Gasteiger partial charge in [0.2, 0.25) is 5.91 Å². The van der Waals surface area contributed by atoms with Crippen LogP contribution in [-0.2, 0) is 24.2 Å². The SMILES string of the molecule is CCCc1sc(NC(=O)C2CCc3ncnn3C2)nc1-c1ccc(OC)cc1. The number of nitrogens with zero attached hydrogens (tertiary/aromatic N) is 4. The summed E-state index contributed by atoms with van der Waals surface area (Å²) in [7, 11) is 1.65. The van der Waals surface area contributed by atoms with Crippen LogP contribution in [0.5, 0.6) is 5.75 Å². The molecule has 0 saturated carbocycles. The average molecular weight is 398 g/mol. The first-order chi connectivity index (χ1) is 13.7. The van der Waals surface area contributed by atoms with Crippen molar-refractivity contribution in [3.05, 3.63) is 41.3 Å². The van der Waals surface area contributed by atoms with Gasteiger partial charge in [0.25, 0.3) is 0 Å². The molecule has 0 spiro atoms. The number of ether oxygens (including phenoxy) is 1. The minimum Gasteiger partial charge on any atom is -0.497 e. The first kappa shape index (κ1) is 18.6. The van der Waals surface area contributed by atoms with E-state index in [1.807, 2.05) is 28.9 Å². The second kappa shape index (κ2) is 8.10. The maximum atomic E-state index is 12.8. The summed E-state index contributed by atoms with van der Waals surface area (Å²) in [6.07, 6.45) is 5.06. The largest absolute Gasteiger partial charge is 0.497 e. The van der Waals surface area contributed by atoms with Gasteiger partial charge in [-0.15, -0.1) is 11.3 Å². The molecule has 0 saturated heterocycles. The molecular formula is C20H23N5O2S. The lowest BCUT2D eigenvalue weighted by molar-refractivity contribution is -0.120. The van der Waals surface area contributed by atoms with Crippen molar-refractivity contribution in [3.8, 4) is 17.0 Å². The number of benzene rings is 1. The standard InChI is InChI=1S/C20H23N5O2S/c1-3-4-16-18(13-5-8-15(27-2)9-6-13)23-20(28-16)24-19(26)14-7-10-17-21-12-22-25(17)11-14/h5-6,8-9,12,14H,3-4,7,10-11H2,1-2H3,(H,23,24,26). The molecule has 1 amide bonds. The number of amides is 1. The molecule has 3 aromatic rings. The van der Waals surface area contributed by atoms with Gasteiger partial charge in [0.1, 0.15) is 17.9 Å². The van der Waals surface area contributed by atoms with E-state index in [1.165, 1.54) is 4.88 Å². The number of aryl methyl sites for hydroxylation is 2.